The van der Waals surface area contributed by atoms with Crippen molar-refractivity contribution in [2.45, 2.75) is 18.8 Å². The van der Waals surface area contributed by atoms with Gasteiger partial charge in [-0.15, -0.1) is 10.2 Å². The van der Waals surface area contributed by atoms with Crippen molar-refractivity contribution in [3.63, 3.8) is 0 Å². The number of aromatic nitrogens is 3. The lowest BCUT2D eigenvalue weighted by Gasteiger charge is -2.31. The molecule has 2 aromatic heterocycles. The van der Waals surface area contributed by atoms with Crippen LogP contribution in [0.1, 0.15) is 34.9 Å². The first-order valence-electron chi connectivity index (χ1n) is 8.07. The van der Waals surface area contributed by atoms with Gasteiger partial charge in [0.1, 0.15) is 5.82 Å². The molecule has 1 amide bonds. The molecule has 0 aliphatic carbocycles. The highest BCUT2D eigenvalue weighted by atomic mass is 35.5. The van der Waals surface area contributed by atoms with Gasteiger partial charge in [0.05, 0.1) is 0 Å². The van der Waals surface area contributed by atoms with Crippen LogP contribution in [0.2, 0.25) is 5.02 Å². The molecule has 5 nitrogen and oxygen atoms in total. The van der Waals surface area contributed by atoms with Crippen LogP contribution >= 0.6 is 11.6 Å². The average Bonchev–Trinajstić information content (AvgIpc) is 3.06. The largest absolute Gasteiger partial charge is 0.339 e. The van der Waals surface area contributed by atoms with E-state index >= 15 is 0 Å². The first kappa shape index (κ1) is 15.1. The Morgan fingerprint density at radius 2 is 1.79 bits per heavy atom. The summed E-state index contributed by atoms with van der Waals surface area (Å²) in [6.45, 7) is 1.46. The number of hydrogen-bond acceptors (Lipinski definition) is 3. The van der Waals surface area contributed by atoms with Crippen LogP contribution in [0.15, 0.2) is 48.7 Å². The molecule has 0 radical (unpaired) electrons. The second kappa shape index (κ2) is 6.24. The molecule has 1 saturated heterocycles. The number of rotatable bonds is 2. The van der Waals surface area contributed by atoms with Gasteiger partial charge in [0.15, 0.2) is 5.65 Å². The van der Waals surface area contributed by atoms with E-state index in [9.17, 15) is 4.79 Å². The minimum atomic E-state index is 0.0659. The summed E-state index contributed by atoms with van der Waals surface area (Å²) in [5, 5.41) is 9.22. The molecule has 0 atom stereocenters. The van der Waals surface area contributed by atoms with Crippen molar-refractivity contribution in [1.82, 2.24) is 19.5 Å². The van der Waals surface area contributed by atoms with Crippen molar-refractivity contribution in [3.05, 3.63) is 65.1 Å². The highest BCUT2D eigenvalue weighted by Gasteiger charge is 2.27. The van der Waals surface area contributed by atoms with Crippen molar-refractivity contribution in [1.29, 1.82) is 0 Å². The molecule has 0 N–H and O–H groups in total. The predicted octanol–water partition coefficient (Wildman–Crippen LogP) is 3.40. The Hall–Kier alpha value is -2.40. The topological polar surface area (TPSA) is 50.5 Å². The summed E-state index contributed by atoms with van der Waals surface area (Å²) in [4.78, 5) is 14.5. The van der Waals surface area contributed by atoms with Gasteiger partial charge in [-0.2, -0.15) is 0 Å². The first-order valence-corrected chi connectivity index (χ1v) is 8.44. The Kier molecular flexibility index (Phi) is 3.94. The number of piperidine rings is 1. The third kappa shape index (κ3) is 2.76. The summed E-state index contributed by atoms with van der Waals surface area (Å²) in [7, 11) is 0. The highest BCUT2D eigenvalue weighted by Crippen LogP contribution is 2.28. The number of amides is 1. The van der Waals surface area contributed by atoms with E-state index < -0.39 is 0 Å². The molecule has 1 aliphatic rings. The normalized spacial score (nSPS) is 15.8. The van der Waals surface area contributed by atoms with Crippen molar-refractivity contribution in [2.75, 3.05) is 13.1 Å². The molecule has 1 aliphatic heterocycles. The van der Waals surface area contributed by atoms with Gasteiger partial charge in [-0.1, -0.05) is 17.7 Å². The first-order chi connectivity index (χ1) is 11.7. The molecular weight excluding hydrogens is 324 g/mol. The molecule has 24 heavy (non-hydrogen) atoms. The summed E-state index contributed by atoms with van der Waals surface area (Å²) in [6, 6.07) is 13.0. The summed E-state index contributed by atoms with van der Waals surface area (Å²) in [6.07, 6.45) is 3.79. The minimum Gasteiger partial charge on any atom is -0.339 e. The van der Waals surface area contributed by atoms with E-state index in [0.717, 1.165) is 37.4 Å². The van der Waals surface area contributed by atoms with E-state index in [1.54, 1.807) is 24.3 Å². The maximum absolute atomic E-state index is 12.6. The van der Waals surface area contributed by atoms with E-state index in [1.165, 1.54) is 0 Å². The van der Waals surface area contributed by atoms with Gasteiger partial charge >= 0.3 is 0 Å². The van der Waals surface area contributed by atoms with Gasteiger partial charge in [0.25, 0.3) is 5.91 Å². The van der Waals surface area contributed by atoms with Crippen molar-refractivity contribution in [2.24, 2.45) is 0 Å². The van der Waals surface area contributed by atoms with Crippen LogP contribution in [0.25, 0.3) is 5.65 Å². The minimum absolute atomic E-state index is 0.0659. The zero-order chi connectivity index (χ0) is 16.5. The fourth-order valence-corrected chi connectivity index (χ4v) is 3.38. The molecule has 1 fully saturated rings. The molecule has 0 spiro atoms. The number of pyridine rings is 1. The Morgan fingerprint density at radius 1 is 1.04 bits per heavy atom. The van der Waals surface area contributed by atoms with Crippen LogP contribution in [0, 0.1) is 0 Å². The van der Waals surface area contributed by atoms with Crippen molar-refractivity contribution >= 4 is 23.2 Å². The van der Waals surface area contributed by atoms with Gasteiger partial charge in [0, 0.05) is 35.8 Å². The smallest absolute Gasteiger partial charge is 0.253 e. The molecule has 1 aromatic carbocycles. The third-order valence-electron chi connectivity index (χ3n) is 4.58. The number of halogens is 1. The Morgan fingerprint density at radius 3 is 2.54 bits per heavy atom. The monoisotopic (exact) mass is 340 g/mol. The highest BCUT2D eigenvalue weighted by molar-refractivity contribution is 6.30. The van der Waals surface area contributed by atoms with Crippen LogP contribution in [0.3, 0.4) is 0 Å². The van der Waals surface area contributed by atoms with Crippen molar-refractivity contribution < 1.29 is 4.79 Å². The quantitative estimate of drug-likeness (QED) is 0.718. The van der Waals surface area contributed by atoms with Gasteiger partial charge in [-0.05, 0) is 49.2 Å². The van der Waals surface area contributed by atoms with Gasteiger partial charge in [0.2, 0.25) is 0 Å². The molecule has 0 unspecified atom stereocenters. The predicted molar refractivity (Wildman–Crippen MR) is 92.3 cm³/mol. The average molecular weight is 341 g/mol. The maximum atomic E-state index is 12.6. The van der Waals surface area contributed by atoms with Crippen LogP contribution in [-0.2, 0) is 0 Å². The van der Waals surface area contributed by atoms with E-state index in [-0.39, 0.29) is 5.91 Å². The Bertz CT molecular complexity index is 866. The summed E-state index contributed by atoms with van der Waals surface area (Å²) in [5.74, 6) is 1.39. The number of carbonyl (C=O) groups excluding carboxylic acids is 1. The molecule has 3 heterocycles. The van der Waals surface area contributed by atoms with E-state index in [1.807, 2.05) is 33.7 Å². The number of fused-ring (bicyclic) bond motifs is 1. The summed E-state index contributed by atoms with van der Waals surface area (Å²) in [5.41, 5.74) is 1.55. The number of likely N-dealkylation sites (tertiary alicyclic amines) is 1. The summed E-state index contributed by atoms with van der Waals surface area (Å²) < 4.78 is 2.04. The lowest BCUT2D eigenvalue weighted by Crippen LogP contribution is -2.38. The number of hydrogen-bond donors (Lipinski definition) is 0. The fourth-order valence-electron chi connectivity index (χ4n) is 3.25. The van der Waals surface area contributed by atoms with Crippen molar-refractivity contribution in [3.8, 4) is 0 Å². The van der Waals surface area contributed by atoms with E-state index in [2.05, 4.69) is 10.2 Å². The molecular formula is C18H17ClN4O. The number of benzene rings is 1. The molecule has 4 rings (SSSR count). The SMILES string of the molecule is O=C(c1ccc(Cl)cc1)N1CCC(c2nnc3ccccn23)CC1. The number of nitrogens with zero attached hydrogens (tertiary/aromatic N) is 4. The molecule has 6 heteroatoms. The Balaban J connectivity index is 1.47. The van der Waals surface area contributed by atoms with Gasteiger partial charge in [-0.25, -0.2) is 0 Å². The number of carbonyl (C=O) groups is 1. The second-order valence-electron chi connectivity index (χ2n) is 6.06. The van der Waals surface area contributed by atoms with E-state index in [4.69, 9.17) is 11.6 Å². The standard InChI is InChI=1S/C18H17ClN4O/c19-15-6-4-14(5-7-15)18(24)22-11-8-13(9-12-22)17-21-20-16-3-1-2-10-23(16)17/h1-7,10,13H,8-9,11-12H2. The third-order valence-corrected chi connectivity index (χ3v) is 4.83. The van der Waals surface area contributed by atoms with Crippen LogP contribution in [-0.4, -0.2) is 38.5 Å². The van der Waals surface area contributed by atoms with E-state index in [0.29, 0.717) is 16.5 Å². The zero-order valence-electron chi connectivity index (χ0n) is 13.1. The lowest BCUT2D eigenvalue weighted by molar-refractivity contribution is 0.0711. The lowest BCUT2D eigenvalue weighted by atomic mass is 9.95. The summed E-state index contributed by atoms with van der Waals surface area (Å²) >= 11 is 5.89. The Labute approximate surface area is 144 Å². The van der Waals surface area contributed by atoms with Gasteiger partial charge < -0.3 is 4.90 Å². The second-order valence-corrected chi connectivity index (χ2v) is 6.50. The van der Waals surface area contributed by atoms with Crippen LogP contribution in [0.4, 0.5) is 0 Å². The zero-order valence-corrected chi connectivity index (χ0v) is 13.9. The fraction of sp³-hybridized carbons (Fsp3) is 0.278. The maximum Gasteiger partial charge on any atom is 0.253 e. The molecule has 3 aromatic rings. The molecule has 0 saturated carbocycles. The molecule has 0 bridgehead atoms. The van der Waals surface area contributed by atoms with Crippen LogP contribution < -0.4 is 0 Å². The van der Waals surface area contributed by atoms with Gasteiger partial charge in [-0.3, -0.25) is 9.20 Å². The molecule has 122 valence electrons. The van der Waals surface area contributed by atoms with Crippen LogP contribution in [0.5, 0.6) is 0 Å².